The summed E-state index contributed by atoms with van der Waals surface area (Å²) in [6.07, 6.45) is 0. The van der Waals surface area contributed by atoms with Crippen LogP contribution in [0.25, 0.3) is 0 Å². The van der Waals surface area contributed by atoms with Crippen LogP contribution in [-0.4, -0.2) is 34.4 Å². The Kier molecular flexibility index (Phi) is 4.90. The first kappa shape index (κ1) is 15.9. The predicted molar refractivity (Wildman–Crippen MR) is 69.7 cm³/mol. The highest BCUT2D eigenvalue weighted by Gasteiger charge is 2.50. The maximum Gasteiger partial charge on any atom is 0.291 e. The summed E-state index contributed by atoms with van der Waals surface area (Å²) in [5, 5.41) is 0. The van der Waals surface area contributed by atoms with Crippen molar-refractivity contribution in [2.24, 2.45) is 0 Å². The molecule has 0 saturated carbocycles. The maximum absolute atomic E-state index is 13.5. The number of hydrogen-bond donors (Lipinski definition) is 0. The van der Waals surface area contributed by atoms with Crippen molar-refractivity contribution in [1.82, 2.24) is 0 Å². The molecular weight excluding hydrogens is 251 g/mol. The quantitative estimate of drug-likeness (QED) is 0.746. The molecule has 5 heteroatoms. The number of halogens is 1. The highest BCUT2D eigenvalue weighted by atomic mass is 19.1. The van der Waals surface area contributed by atoms with Gasteiger partial charge in [-0.05, 0) is 32.0 Å². The van der Waals surface area contributed by atoms with Crippen LogP contribution < -0.4 is 4.74 Å². The van der Waals surface area contributed by atoms with E-state index < -0.39 is 11.4 Å². The molecule has 4 nitrogen and oxygen atoms in total. The Hall–Kier alpha value is -1.17. The molecule has 19 heavy (non-hydrogen) atoms. The topological polar surface area (TPSA) is 36.9 Å². The van der Waals surface area contributed by atoms with Gasteiger partial charge in [0, 0.05) is 26.9 Å². The van der Waals surface area contributed by atoms with E-state index in [4.69, 9.17) is 18.9 Å². The fourth-order valence-corrected chi connectivity index (χ4v) is 2.35. The number of hydrogen-bond acceptors (Lipinski definition) is 4. The van der Waals surface area contributed by atoms with E-state index in [1.54, 1.807) is 6.07 Å². The summed E-state index contributed by atoms with van der Waals surface area (Å²) in [7, 11) is 5.95. The zero-order chi connectivity index (χ0) is 14.7. The highest BCUT2D eigenvalue weighted by Crippen LogP contribution is 2.42. The zero-order valence-electron chi connectivity index (χ0n) is 12.2. The van der Waals surface area contributed by atoms with E-state index in [0.717, 1.165) is 0 Å². The second-order valence-corrected chi connectivity index (χ2v) is 4.64. The minimum atomic E-state index is -1.34. The lowest BCUT2D eigenvalue weighted by atomic mass is 9.81. The zero-order valence-corrected chi connectivity index (χ0v) is 12.2. The standard InChI is InChI=1S/C14H21FO4/c1-13(2,14(17-4,18-5)19-6)11-9-10(15)7-8-12(11)16-3/h7-9H,1-6H3. The van der Waals surface area contributed by atoms with E-state index in [1.165, 1.54) is 40.6 Å². The van der Waals surface area contributed by atoms with E-state index in [1.807, 2.05) is 13.8 Å². The number of rotatable bonds is 6. The average Bonchev–Trinajstić information content (AvgIpc) is 2.41. The molecule has 1 rings (SSSR count). The Morgan fingerprint density at radius 2 is 1.47 bits per heavy atom. The number of benzene rings is 1. The lowest BCUT2D eigenvalue weighted by molar-refractivity contribution is -0.382. The minimum absolute atomic E-state index is 0.360. The second kappa shape index (κ2) is 5.86. The summed E-state index contributed by atoms with van der Waals surface area (Å²) in [5.74, 6) is -1.16. The lowest BCUT2D eigenvalue weighted by Gasteiger charge is -2.42. The number of ether oxygens (including phenoxy) is 4. The minimum Gasteiger partial charge on any atom is -0.496 e. The van der Waals surface area contributed by atoms with Gasteiger partial charge in [-0.2, -0.15) is 0 Å². The fourth-order valence-electron chi connectivity index (χ4n) is 2.35. The van der Waals surface area contributed by atoms with Crippen molar-refractivity contribution in [3.05, 3.63) is 29.6 Å². The molecule has 0 aliphatic carbocycles. The third kappa shape index (κ3) is 2.59. The Balaban J connectivity index is 3.43. The summed E-state index contributed by atoms with van der Waals surface area (Å²) >= 11 is 0. The first-order valence-electron chi connectivity index (χ1n) is 5.88. The molecule has 0 amide bonds. The van der Waals surface area contributed by atoms with Crippen molar-refractivity contribution >= 4 is 0 Å². The Morgan fingerprint density at radius 3 is 1.89 bits per heavy atom. The van der Waals surface area contributed by atoms with Gasteiger partial charge in [-0.1, -0.05) is 0 Å². The fraction of sp³-hybridized carbons (Fsp3) is 0.571. The largest absolute Gasteiger partial charge is 0.496 e. The molecular formula is C14H21FO4. The van der Waals surface area contributed by atoms with Crippen molar-refractivity contribution in [3.63, 3.8) is 0 Å². The molecule has 0 aromatic heterocycles. The molecule has 0 bridgehead atoms. The molecule has 0 aliphatic heterocycles. The van der Waals surface area contributed by atoms with Gasteiger partial charge in [0.25, 0.3) is 5.97 Å². The first-order chi connectivity index (χ1) is 8.88. The normalized spacial score (nSPS) is 12.6. The van der Waals surface area contributed by atoms with E-state index in [0.29, 0.717) is 11.3 Å². The molecule has 0 fully saturated rings. The highest BCUT2D eigenvalue weighted by molar-refractivity contribution is 5.40. The van der Waals surface area contributed by atoms with Crippen LogP contribution in [0, 0.1) is 5.82 Å². The van der Waals surface area contributed by atoms with Gasteiger partial charge in [0.2, 0.25) is 0 Å². The Morgan fingerprint density at radius 1 is 0.947 bits per heavy atom. The molecule has 0 N–H and O–H groups in total. The summed E-state index contributed by atoms with van der Waals surface area (Å²) in [6.45, 7) is 3.67. The summed E-state index contributed by atoms with van der Waals surface area (Å²) < 4.78 is 34.9. The maximum atomic E-state index is 13.5. The summed E-state index contributed by atoms with van der Waals surface area (Å²) in [5.41, 5.74) is -0.195. The predicted octanol–water partition coefficient (Wildman–Crippen LogP) is 2.70. The van der Waals surface area contributed by atoms with E-state index in [9.17, 15) is 4.39 Å². The molecule has 0 radical (unpaired) electrons. The van der Waals surface area contributed by atoms with Gasteiger partial charge in [-0.15, -0.1) is 0 Å². The summed E-state index contributed by atoms with van der Waals surface area (Å²) in [4.78, 5) is 0. The van der Waals surface area contributed by atoms with Crippen LogP contribution in [0.3, 0.4) is 0 Å². The number of methoxy groups -OCH3 is 4. The van der Waals surface area contributed by atoms with Gasteiger partial charge in [0.1, 0.15) is 11.6 Å². The van der Waals surface area contributed by atoms with Gasteiger partial charge in [-0.25, -0.2) is 4.39 Å². The molecule has 0 atom stereocenters. The first-order valence-corrected chi connectivity index (χ1v) is 5.88. The van der Waals surface area contributed by atoms with Crippen molar-refractivity contribution in [1.29, 1.82) is 0 Å². The molecule has 0 heterocycles. The van der Waals surface area contributed by atoms with Gasteiger partial charge in [0.15, 0.2) is 0 Å². The third-order valence-corrected chi connectivity index (χ3v) is 3.41. The SMILES string of the molecule is COc1ccc(F)cc1C(C)(C)C(OC)(OC)OC. The van der Waals surface area contributed by atoms with Crippen molar-refractivity contribution < 1.29 is 23.3 Å². The van der Waals surface area contributed by atoms with E-state index in [-0.39, 0.29) is 5.82 Å². The van der Waals surface area contributed by atoms with Crippen LogP contribution in [0.15, 0.2) is 18.2 Å². The van der Waals surface area contributed by atoms with Gasteiger partial charge in [0.05, 0.1) is 12.5 Å². The molecule has 1 aromatic carbocycles. The second-order valence-electron chi connectivity index (χ2n) is 4.64. The van der Waals surface area contributed by atoms with Crippen LogP contribution in [0.5, 0.6) is 5.75 Å². The van der Waals surface area contributed by atoms with Crippen LogP contribution in [0.2, 0.25) is 0 Å². The van der Waals surface area contributed by atoms with Crippen molar-refractivity contribution in [2.75, 3.05) is 28.4 Å². The van der Waals surface area contributed by atoms with E-state index in [2.05, 4.69) is 0 Å². The molecule has 0 unspecified atom stereocenters. The van der Waals surface area contributed by atoms with Crippen molar-refractivity contribution in [3.8, 4) is 5.75 Å². The van der Waals surface area contributed by atoms with Gasteiger partial charge >= 0.3 is 0 Å². The van der Waals surface area contributed by atoms with Crippen LogP contribution >= 0.6 is 0 Å². The molecule has 0 saturated heterocycles. The Bertz CT molecular complexity index is 419. The van der Waals surface area contributed by atoms with Crippen LogP contribution in [0.1, 0.15) is 19.4 Å². The third-order valence-electron chi connectivity index (χ3n) is 3.41. The Labute approximate surface area is 113 Å². The molecule has 1 aromatic rings. The molecule has 0 spiro atoms. The van der Waals surface area contributed by atoms with Gasteiger partial charge < -0.3 is 18.9 Å². The van der Waals surface area contributed by atoms with Crippen LogP contribution in [0.4, 0.5) is 4.39 Å². The average molecular weight is 272 g/mol. The van der Waals surface area contributed by atoms with Crippen molar-refractivity contribution in [2.45, 2.75) is 25.2 Å². The van der Waals surface area contributed by atoms with E-state index >= 15 is 0 Å². The monoisotopic (exact) mass is 272 g/mol. The molecule has 108 valence electrons. The lowest BCUT2D eigenvalue weighted by Crippen LogP contribution is -2.52. The van der Waals surface area contributed by atoms with Crippen LogP contribution in [-0.2, 0) is 19.6 Å². The smallest absolute Gasteiger partial charge is 0.291 e. The summed E-state index contributed by atoms with van der Waals surface area (Å²) in [6, 6.07) is 4.30. The van der Waals surface area contributed by atoms with Gasteiger partial charge in [-0.3, -0.25) is 0 Å². The molecule has 0 aliphatic rings.